The Morgan fingerprint density at radius 3 is 2.38 bits per heavy atom. The monoisotopic (exact) mass is 183 g/mol. The first-order valence-corrected chi connectivity index (χ1v) is 3.98. The summed E-state index contributed by atoms with van der Waals surface area (Å²) in [5, 5.41) is 0. The Kier molecular flexibility index (Phi) is 3.14. The van der Waals surface area contributed by atoms with Crippen molar-refractivity contribution in [2.45, 2.75) is 5.92 Å². The van der Waals surface area contributed by atoms with Crippen LogP contribution in [-0.4, -0.2) is 6.54 Å². The van der Waals surface area contributed by atoms with Crippen molar-refractivity contribution in [3.8, 4) is 0 Å². The molecule has 70 valence electrons. The maximum atomic E-state index is 13.2. The molecule has 0 aliphatic heterocycles. The van der Waals surface area contributed by atoms with E-state index in [0.29, 0.717) is 0 Å². The second-order valence-corrected chi connectivity index (χ2v) is 2.63. The highest BCUT2D eigenvalue weighted by atomic mass is 19.3. The maximum Gasteiger partial charge on any atom is 0.291 e. The Morgan fingerprint density at radius 2 is 1.85 bits per heavy atom. The lowest BCUT2D eigenvalue weighted by Gasteiger charge is -2.11. The topological polar surface area (TPSA) is 26.0 Å². The third-order valence-corrected chi connectivity index (χ3v) is 1.62. The lowest BCUT2D eigenvalue weighted by molar-refractivity contribution is 0.0519. The fourth-order valence-electron chi connectivity index (χ4n) is 0.973. The first-order valence-electron chi connectivity index (χ1n) is 3.98. The molecule has 0 bridgehead atoms. The van der Waals surface area contributed by atoms with E-state index in [1.54, 1.807) is 18.2 Å². The van der Waals surface area contributed by atoms with Crippen LogP contribution < -0.4 is 5.73 Å². The molecule has 3 heteroatoms. The summed E-state index contributed by atoms with van der Waals surface area (Å²) in [5.41, 5.74) is 5.08. The van der Waals surface area contributed by atoms with Gasteiger partial charge in [-0.15, -0.1) is 0 Å². The predicted octanol–water partition coefficient (Wildman–Crippen LogP) is 2.29. The first kappa shape index (κ1) is 9.86. The Morgan fingerprint density at radius 1 is 1.23 bits per heavy atom. The molecule has 0 radical (unpaired) electrons. The highest BCUT2D eigenvalue weighted by Crippen LogP contribution is 2.28. The highest BCUT2D eigenvalue weighted by molar-refractivity contribution is 5.24. The minimum absolute atomic E-state index is 0.0142. The first-order chi connectivity index (χ1) is 6.17. The minimum atomic E-state index is -2.92. The Hall–Kier alpha value is -1.22. The van der Waals surface area contributed by atoms with Crippen molar-refractivity contribution in [1.29, 1.82) is 0 Å². The lowest BCUT2D eigenvalue weighted by atomic mass is 10.1. The molecule has 2 N–H and O–H groups in total. The van der Waals surface area contributed by atoms with Gasteiger partial charge in [-0.05, 0) is 6.08 Å². The molecule has 0 aliphatic rings. The van der Waals surface area contributed by atoms with E-state index in [9.17, 15) is 8.78 Å². The predicted molar refractivity (Wildman–Crippen MR) is 48.5 cm³/mol. The average molecular weight is 183 g/mol. The summed E-state index contributed by atoms with van der Waals surface area (Å²) in [6.07, 6.45) is 2.08. The van der Waals surface area contributed by atoms with Gasteiger partial charge in [0, 0.05) is 12.1 Å². The second kappa shape index (κ2) is 4.14. The summed E-state index contributed by atoms with van der Waals surface area (Å²) in [5.74, 6) is -2.92. The number of rotatable bonds is 3. The normalized spacial score (nSPS) is 12.2. The zero-order chi connectivity index (χ0) is 9.73. The van der Waals surface area contributed by atoms with E-state index in [4.69, 9.17) is 5.73 Å². The van der Waals surface area contributed by atoms with Crippen molar-refractivity contribution in [2.75, 3.05) is 6.54 Å². The molecule has 1 nitrogen and oxygen atoms in total. The van der Waals surface area contributed by atoms with Crippen LogP contribution in [0.2, 0.25) is 0 Å². The van der Waals surface area contributed by atoms with E-state index in [2.05, 4.69) is 0 Å². The fourth-order valence-corrected chi connectivity index (χ4v) is 0.973. The molecule has 1 aromatic rings. The number of benzene rings is 1. The average Bonchev–Trinajstić information content (AvgIpc) is 2.16. The largest absolute Gasteiger partial charge is 0.327 e. The summed E-state index contributed by atoms with van der Waals surface area (Å²) in [7, 11) is 0. The van der Waals surface area contributed by atoms with Gasteiger partial charge in [0.25, 0.3) is 5.92 Å². The molecule has 0 spiro atoms. The van der Waals surface area contributed by atoms with Crippen LogP contribution in [0.1, 0.15) is 5.56 Å². The number of hydrogen-bond donors (Lipinski definition) is 1. The number of allylic oxidation sites excluding steroid dienone is 1. The van der Waals surface area contributed by atoms with Gasteiger partial charge in [0.15, 0.2) is 0 Å². The Labute approximate surface area is 75.9 Å². The lowest BCUT2D eigenvalue weighted by Crippen LogP contribution is -2.09. The fraction of sp³-hybridized carbons (Fsp3) is 0.200. The van der Waals surface area contributed by atoms with Crippen LogP contribution in [-0.2, 0) is 5.92 Å². The number of hydrogen-bond acceptors (Lipinski definition) is 1. The van der Waals surface area contributed by atoms with Gasteiger partial charge in [0.05, 0.1) is 0 Å². The molecular weight excluding hydrogens is 172 g/mol. The van der Waals surface area contributed by atoms with Crippen molar-refractivity contribution in [1.82, 2.24) is 0 Å². The third kappa shape index (κ3) is 2.63. The SMILES string of the molecule is NC/C=C/C(F)(F)c1ccccc1. The van der Waals surface area contributed by atoms with Crippen LogP contribution in [0.3, 0.4) is 0 Å². The standard InChI is InChI=1S/C10H11F2N/c11-10(12,7-4-8-13)9-5-2-1-3-6-9/h1-7H,8,13H2/b7-4+. The van der Waals surface area contributed by atoms with Crippen molar-refractivity contribution in [3.63, 3.8) is 0 Å². The van der Waals surface area contributed by atoms with Gasteiger partial charge in [-0.3, -0.25) is 0 Å². The van der Waals surface area contributed by atoms with Gasteiger partial charge in [-0.2, -0.15) is 8.78 Å². The molecule has 0 atom stereocenters. The smallest absolute Gasteiger partial charge is 0.291 e. The van der Waals surface area contributed by atoms with E-state index in [1.807, 2.05) is 0 Å². The number of nitrogens with two attached hydrogens (primary N) is 1. The maximum absolute atomic E-state index is 13.2. The molecule has 0 aromatic heterocycles. The van der Waals surface area contributed by atoms with Crippen molar-refractivity contribution in [2.24, 2.45) is 5.73 Å². The van der Waals surface area contributed by atoms with E-state index in [-0.39, 0.29) is 12.1 Å². The van der Waals surface area contributed by atoms with Crippen molar-refractivity contribution in [3.05, 3.63) is 48.0 Å². The van der Waals surface area contributed by atoms with E-state index >= 15 is 0 Å². The molecule has 0 heterocycles. The van der Waals surface area contributed by atoms with Gasteiger partial charge in [-0.25, -0.2) is 0 Å². The molecule has 13 heavy (non-hydrogen) atoms. The molecular formula is C10H11F2N. The number of halogens is 2. The summed E-state index contributed by atoms with van der Waals surface area (Å²) in [6.45, 7) is 0.127. The van der Waals surface area contributed by atoms with Crippen LogP contribution >= 0.6 is 0 Å². The molecule has 1 rings (SSSR count). The summed E-state index contributed by atoms with van der Waals surface area (Å²) >= 11 is 0. The minimum Gasteiger partial charge on any atom is -0.327 e. The summed E-state index contributed by atoms with van der Waals surface area (Å²) in [6, 6.07) is 7.65. The molecule has 0 saturated heterocycles. The third-order valence-electron chi connectivity index (χ3n) is 1.62. The molecule has 1 aromatic carbocycles. The van der Waals surface area contributed by atoms with Crippen molar-refractivity contribution >= 4 is 0 Å². The summed E-state index contributed by atoms with van der Waals surface area (Å²) in [4.78, 5) is 0. The van der Waals surface area contributed by atoms with Crippen LogP contribution in [0, 0.1) is 0 Å². The van der Waals surface area contributed by atoms with Crippen LogP contribution in [0.4, 0.5) is 8.78 Å². The van der Waals surface area contributed by atoms with Crippen molar-refractivity contribution < 1.29 is 8.78 Å². The van der Waals surface area contributed by atoms with Gasteiger partial charge < -0.3 is 5.73 Å². The molecule has 0 aliphatic carbocycles. The Bertz CT molecular complexity index is 280. The van der Waals surface area contributed by atoms with Crippen LogP contribution in [0.15, 0.2) is 42.5 Å². The Balaban J connectivity index is 2.87. The molecule has 0 amide bonds. The van der Waals surface area contributed by atoms with E-state index in [1.165, 1.54) is 18.2 Å². The van der Waals surface area contributed by atoms with Crippen LogP contribution in [0.5, 0.6) is 0 Å². The second-order valence-electron chi connectivity index (χ2n) is 2.63. The zero-order valence-electron chi connectivity index (χ0n) is 7.08. The molecule has 0 unspecified atom stereocenters. The van der Waals surface area contributed by atoms with E-state index < -0.39 is 5.92 Å². The molecule has 0 saturated carbocycles. The van der Waals surface area contributed by atoms with Crippen LogP contribution in [0.25, 0.3) is 0 Å². The van der Waals surface area contributed by atoms with Gasteiger partial charge in [0.1, 0.15) is 0 Å². The van der Waals surface area contributed by atoms with E-state index in [0.717, 1.165) is 6.08 Å². The molecule has 0 fully saturated rings. The highest BCUT2D eigenvalue weighted by Gasteiger charge is 2.26. The van der Waals surface area contributed by atoms with Gasteiger partial charge in [0.2, 0.25) is 0 Å². The zero-order valence-corrected chi connectivity index (χ0v) is 7.08. The quantitative estimate of drug-likeness (QED) is 0.715. The van der Waals surface area contributed by atoms with Gasteiger partial charge in [-0.1, -0.05) is 36.4 Å². The van der Waals surface area contributed by atoms with Gasteiger partial charge >= 0.3 is 0 Å². The summed E-state index contributed by atoms with van der Waals surface area (Å²) < 4.78 is 26.4. The number of alkyl halides is 2.